The van der Waals surface area contributed by atoms with Gasteiger partial charge in [-0.25, -0.2) is 0 Å². The minimum Gasteiger partial charge on any atom is -0.472 e. The highest BCUT2D eigenvalue weighted by atomic mass is 16.5. The van der Waals surface area contributed by atoms with Crippen LogP contribution in [0.5, 0.6) is 5.88 Å². The highest BCUT2D eigenvalue weighted by molar-refractivity contribution is 5.39. The van der Waals surface area contributed by atoms with Crippen LogP contribution in [-0.4, -0.2) is 30.6 Å². The quantitative estimate of drug-likeness (QED) is 0.723. The van der Waals surface area contributed by atoms with Gasteiger partial charge < -0.3 is 9.64 Å². The fourth-order valence-corrected chi connectivity index (χ4v) is 1.09. The van der Waals surface area contributed by atoms with E-state index >= 15 is 0 Å². The molecule has 0 aliphatic rings. The second-order valence-corrected chi connectivity index (χ2v) is 3.84. The fraction of sp³-hybridized carbons (Fsp3) is 0.308. The molecule has 0 unspecified atom stereocenters. The van der Waals surface area contributed by atoms with Gasteiger partial charge in [-0.15, -0.1) is 10.2 Å². The molecule has 0 spiro atoms. The van der Waals surface area contributed by atoms with Crippen molar-refractivity contribution in [2.75, 3.05) is 18.6 Å². The van der Waals surface area contributed by atoms with E-state index in [0.29, 0.717) is 18.3 Å². The van der Waals surface area contributed by atoms with Crippen LogP contribution < -0.4 is 9.64 Å². The van der Waals surface area contributed by atoms with E-state index in [4.69, 9.17) is 4.74 Å². The Hall–Kier alpha value is -2.17. The Morgan fingerprint density at radius 3 is 2.67 bits per heavy atom. The lowest BCUT2D eigenvalue weighted by Crippen LogP contribution is -2.10. The summed E-state index contributed by atoms with van der Waals surface area (Å²) in [6.07, 6.45) is 1.66. The summed E-state index contributed by atoms with van der Waals surface area (Å²) in [6, 6.07) is 3.59. The fourth-order valence-electron chi connectivity index (χ4n) is 1.09. The van der Waals surface area contributed by atoms with Gasteiger partial charge in [-0.2, -0.15) is 0 Å². The number of ether oxygens (including phenoxy) is 1. The molecular weight excluding hydrogens is 228 g/mol. The Bertz CT molecular complexity index is 451. The van der Waals surface area contributed by atoms with Crippen LogP contribution in [0.2, 0.25) is 0 Å². The molecule has 1 aromatic heterocycles. The molecule has 5 nitrogen and oxygen atoms in total. The molecule has 1 rings (SSSR count). The van der Waals surface area contributed by atoms with Gasteiger partial charge in [-0.05, 0) is 38.4 Å². The van der Waals surface area contributed by atoms with Gasteiger partial charge >= 0.3 is 0 Å². The van der Waals surface area contributed by atoms with Crippen LogP contribution in [0.3, 0.4) is 0 Å². The monoisotopic (exact) mass is 246 g/mol. The van der Waals surface area contributed by atoms with Crippen LogP contribution >= 0.6 is 0 Å². The number of hydrogen-bond donors (Lipinski definition) is 0. The van der Waals surface area contributed by atoms with Gasteiger partial charge in [0.05, 0.1) is 0 Å². The molecule has 0 saturated carbocycles. The molecule has 1 heterocycles. The van der Waals surface area contributed by atoms with Gasteiger partial charge in [0.25, 0.3) is 0 Å². The summed E-state index contributed by atoms with van der Waals surface area (Å²) in [6.45, 7) is 11.4. The first-order valence-corrected chi connectivity index (χ1v) is 5.53. The summed E-state index contributed by atoms with van der Waals surface area (Å²) < 4.78 is 5.50. The Labute approximate surface area is 108 Å². The molecule has 1 aromatic rings. The van der Waals surface area contributed by atoms with Gasteiger partial charge in [0.2, 0.25) is 5.88 Å². The first-order chi connectivity index (χ1) is 8.58. The molecule has 0 aliphatic heterocycles. The van der Waals surface area contributed by atoms with Crippen molar-refractivity contribution in [3.05, 3.63) is 36.2 Å². The van der Waals surface area contributed by atoms with Crippen LogP contribution in [0.4, 0.5) is 5.82 Å². The summed E-state index contributed by atoms with van der Waals surface area (Å²) in [7, 11) is 1.85. The maximum absolute atomic E-state index is 5.50. The molecule has 0 aliphatic carbocycles. The maximum Gasteiger partial charge on any atom is 0.233 e. The van der Waals surface area contributed by atoms with Crippen molar-refractivity contribution in [3.8, 4) is 5.88 Å². The van der Waals surface area contributed by atoms with Gasteiger partial charge in [0.15, 0.2) is 5.82 Å². The molecule has 0 aromatic carbocycles. The molecule has 5 heteroatoms. The topological polar surface area (TPSA) is 50.6 Å². The third-order valence-corrected chi connectivity index (χ3v) is 2.55. The normalized spacial score (nSPS) is 11.5. The van der Waals surface area contributed by atoms with Crippen LogP contribution in [0.15, 0.2) is 41.2 Å². The first-order valence-electron chi connectivity index (χ1n) is 5.53. The number of aliphatic imine (C=N–C) groups is 1. The smallest absolute Gasteiger partial charge is 0.233 e. The zero-order chi connectivity index (χ0) is 13.5. The zero-order valence-electron chi connectivity index (χ0n) is 11.1. The van der Waals surface area contributed by atoms with Gasteiger partial charge in [-0.1, -0.05) is 6.58 Å². The maximum atomic E-state index is 5.50. The number of nitrogens with zero attached hydrogens (tertiary/aromatic N) is 4. The van der Waals surface area contributed by atoms with Gasteiger partial charge in [-0.3, -0.25) is 4.99 Å². The summed E-state index contributed by atoms with van der Waals surface area (Å²) in [5.41, 5.74) is 1.88. The van der Waals surface area contributed by atoms with Crippen molar-refractivity contribution in [1.82, 2.24) is 10.2 Å². The highest BCUT2D eigenvalue weighted by Crippen LogP contribution is 2.13. The van der Waals surface area contributed by atoms with Crippen molar-refractivity contribution in [3.63, 3.8) is 0 Å². The Morgan fingerprint density at radius 1 is 1.44 bits per heavy atom. The Kier molecular flexibility index (Phi) is 5.05. The zero-order valence-corrected chi connectivity index (χ0v) is 11.1. The van der Waals surface area contributed by atoms with E-state index < -0.39 is 0 Å². The average Bonchev–Trinajstić information content (AvgIpc) is 2.43. The largest absolute Gasteiger partial charge is 0.472 e. The summed E-state index contributed by atoms with van der Waals surface area (Å²) in [5.74, 6) is 1.20. The lowest BCUT2D eigenvalue weighted by molar-refractivity contribution is 0.333. The number of aromatic nitrogens is 2. The van der Waals surface area contributed by atoms with Crippen LogP contribution in [0.1, 0.15) is 13.8 Å². The van der Waals surface area contributed by atoms with Crippen LogP contribution in [-0.2, 0) is 0 Å². The molecule has 0 amide bonds. The second-order valence-electron chi connectivity index (χ2n) is 3.84. The Morgan fingerprint density at radius 2 is 2.17 bits per heavy atom. The van der Waals surface area contributed by atoms with E-state index in [2.05, 4.69) is 28.5 Å². The molecule has 0 saturated heterocycles. The molecular formula is C13H18N4O. The van der Waals surface area contributed by atoms with E-state index in [0.717, 1.165) is 11.3 Å². The van der Waals surface area contributed by atoms with E-state index in [9.17, 15) is 0 Å². The van der Waals surface area contributed by atoms with Crippen molar-refractivity contribution >= 4 is 12.5 Å². The van der Waals surface area contributed by atoms with E-state index in [1.165, 1.54) is 0 Å². The summed E-state index contributed by atoms with van der Waals surface area (Å²) in [5, 5.41) is 7.99. The number of hydrogen-bond acceptors (Lipinski definition) is 5. The van der Waals surface area contributed by atoms with Crippen molar-refractivity contribution in [1.29, 1.82) is 0 Å². The van der Waals surface area contributed by atoms with Crippen LogP contribution in [0.25, 0.3) is 0 Å². The van der Waals surface area contributed by atoms with Crippen molar-refractivity contribution in [2.45, 2.75) is 13.8 Å². The minimum atomic E-state index is 0.427. The predicted molar refractivity (Wildman–Crippen MR) is 74.1 cm³/mol. The van der Waals surface area contributed by atoms with Gasteiger partial charge in [0.1, 0.15) is 6.61 Å². The SMILES string of the molecule is C=CN(C)c1ccc(OC/C(C)=C(\C)N=C)nn1. The summed E-state index contributed by atoms with van der Waals surface area (Å²) >= 11 is 0. The van der Waals surface area contributed by atoms with Crippen LogP contribution in [0, 0.1) is 0 Å². The molecule has 0 N–H and O–H groups in total. The number of rotatable bonds is 6. The third kappa shape index (κ3) is 3.69. The molecule has 18 heavy (non-hydrogen) atoms. The third-order valence-electron chi connectivity index (χ3n) is 2.55. The minimum absolute atomic E-state index is 0.427. The number of allylic oxidation sites excluding steroid dienone is 1. The number of anilines is 1. The van der Waals surface area contributed by atoms with E-state index in [1.54, 1.807) is 17.2 Å². The standard InChI is InChI=1S/C13H18N4O/c1-6-17(5)12-7-8-13(16-15-12)18-9-10(2)11(3)14-4/h6-8H,1,4,9H2,2-3,5H3/b11-10+. The van der Waals surface area contributed by atoms with Gasteiger partial charge in [0, 0.05) is 18.8 Å². The van der Waals surface area contributed by atoms with E-state index in [1.807, 2.05) is 27.0 Å². The predicted octanol–water partition coefficient (Wildman–Crippen LogP) is 2.43. The van der Waals surface area contributed by atoms with E-state index in [-0.39, 0.29) is 0 Å². The highest BCUT2D eigenvalue weighted by Gasteiger charge is 2.02. The first kappa shape index (κ1) is 13.9. The van der Waals surface area contributed by atoms with Crippen molar-refractivity contribution in [2.24, 2.45) is 4.99 Å². The molecule has 0 atom stereocenters. The molecule has 96 valence electrons. The van der Waals surface area contributed by atoms with Crippen molar-refractivity contribution < 1.29 is 4.74 Å². The lowest BCUT2D eigenvalue weighted by Gasteiger charge is -2.11. The average molecular weight is 246 g/mol. The molecule has 0 radical (unpaired) electrons. The molecule has 0 fully saturated rings. The second kappa shape index (κ2) is 6.54. The lowest BCUT2D eigenvalue weighted by atomic mass is 10.2. The Balaban J connectivity index is 2.65. The summed E-state index contributed by atoms with van der Waals surface area (Å²) in [4.78, 5) is 5.62. The molecule has 0 bridgehead atoms.